The zero-order valence-electron chi connectivity index (χ0n) is 35.2. The highest BCUT2D eigenvalue weighted by molar-refractivity contribution is 6.12. The summed E-state index contributed by atoms with van der Waals surface area (Å²) in [4.78, 5) is 10.7. The van der Waals surface area contributed by atoms with Crippen LogP contribution in [-0.4, -0.2) is 9.97 Å². The Morgan fingerprint density at radius 3 is 1.51 bits per heavy atom. The van der Waals surface area contributed by atoms with Gasteiger partial charge in [-0.15, -0.1) is 0 Å². The van der Waals surface area contributed by atoms with Crippen LogP contribution in [0.2, 0.25) is 0 Å². The number of rotatable bonds is 6. The Balaban J connectivity index is 1.00. The Hall–Kier alpha value is -7.94. The maximum absolute atomic E-state index is 5.38. The second kappa shape index (κ2) is 14.6. The molecule has 12 rings (SSSR count). The summed E-state index contributed by atoms with van der Waals surface area (Å²) in [5.74, 6) is 0.700. The van der Waals surface area contributed by atoms with E-state index in [-0.39, 0.29) is 5.41 Å². The second-order valence-electron chi connectivity index (χ2n) is 17.2. The Morgan fingerprint density at radius 2 is 0.810 bits per heavy atom. The van der Waals surface area contributed by atoms with E-state index < -0.39 is 0 Å². The Morgan fingerprint density at radius 1 is 0.302 bits per heavy atom. The van der Waals surface area contributed by atoms with E-state index in [1.165, 1.54) is 66.1 Å². The molecular formula is C61H42N2. The van der Waals surface area contributed by atoms with Crippen molar-refractivity contribution in [1.29, 1.82) is 0 Å². The molecule has 0 aliphatic heterocycles. The van der Waals surface area contributed by atoms with Gasteiger partial charge < -0.3 is 0 Å². The third-order valence-corrected chi connectivity index (χ3v) is 13.3. The van der Waals surface area contributed by atoms with Crippen LogP contribution in [0.25, 0.3) is 111 Å². The van der Waals surface area contributed by atoms with Gasteiger partial charge in [-0.3, -0.25) is 0 Å². The topological polar surface area (TPSA) is 25.8 Å². The van der Waals surface area contributed by atoms with Crippen LogP contribution >= 0.6 is 0 Å². The van der Waals surface area contributed by atoms with Crippen molar-refractivity contribution in [2.45, 2.75) is 19.3 Å². The lowest BCUT2D eigenvalue weighted by Crippen LogP contribution is -2.15. The van der Waals surface area contributed by atoms with Crippen LogP contribution in [-0.2, 0) is 5.41 Å². The van der Waals surface area contributed by atoms with Gasteiger partial charge >= 0.3 is 0 Å². The van der Waals surface area contributed by atoms with Crippen molar-refractivity contribution in [3.63, 3.8) is 0 Å². The maximum atomic E-state index is 5.38. The molecule has 0 spiro atoms. The van der Waals surface area contributed by atoms with Crippen LogP contribution in [0.4, 0.5) is 0 Å². The van der Waals surface area contributed by atoms with E-state index in [4.69, 9.17) is 9.97 Å². The van der Waals surface area contributed by atoms with Crippen LogP contribution in [0.5, 0.6) is 0 Å². The number of nitrogens with zero attached hydrogens (tertiary/aromatic N) is 2. The number of hydrogen-bond acceptors (Lipinski definition) is 2. The largest absolute Gasteiger partial charge is 0.228 e. The van der Waals surface area contributed by atoms with Gasteiger partial charge in [-0.25, -0.2) is 9.97 Å². The molecule has 1 aliphatic carbocycles. The van der Waals surface area contributed by atoms with Gasteiger partial charge in [0.15, 0.2) is 5.82 Å². The molecule has 2 nitrogen and oxygen atoms in total. The van der Waals surface area contributed by atoms with E-state index in [1.54, 1.807) is 0 Å². The molecule has 1 aromatic heterocycles. The highest BCUT2D eigenvalue weighted by Gasteiger charge is 2.37. The first-order valence-electron chi connectivity index (χ1n) is 21.8. The predicted octanol–water partition coefficient (Wildman–Crippen LogP) is 16.2. The molecule has 63 heavy (non-hydrogen) atoms. The fraction of sp³-hybridized carbons (Fsp3) is 0.0492. The standard InChI is InChI=1S/C61H42N2/c1-61(2)56-36-30-42(37-55(56)53-31-29-40-19-9-10-23-45(40)59(53)61)44-32-33-50(47-25-13-12-24-46(44)47)51-34-35-54(49-27-15-14-26-48(49)51)60-62-57(41-20-7-4-8-21-41)38-58(63-60)52-28-16-11-22-43(52)39-17-5-3-6-18-39/h3-38H,1-2H3. The zero-order valence-corrected chi connectivity index (χ0v) is 35.2. The summed E-state index contributed by atoms with van der Waals surface area (Å²) in [7, 11) is 0. The van der Waals surface area contributed by atoms with Crippen LogP contribution in [0.15, 0.2) is 218 Å². The van der Waals surface area contributed by atoms with Crippen molar-refractivity contribution < 1.29 is 0 Å². The SMILES string of the molecule is CC1(C)c2ccc(-c3ccc(-c4ccc(-c5nc(-c6ccccc6)cc(-c6ccccc6-c6ccccc6)n5)c5ccccc45)c4ccccc34)cc2-c2ccc3ccccc3c21. The normalized spacial score (nSPS) is 12.7. The van der Waals surface area contributed by atoms with Crippen molar-refractivity contribution in [3.8, 4) is 78.4 Å². The Labute approximate surface area is 367 Å². The van der Waals surface area contributed by atoms with Gasteiger partial charge in [0.1, 0.15) is 0 Å². The summed E-state index contributed by atoms with van der Waals surface area (Å²) >= 11 is 0. The molecule has 0 fully saturated rings. The van der Waals surface area contributed by atoms with E-state index in [9.17, 15) is 0 Å². The first-order valence-corrected chi connectivity index (χ1v) is 21.8. The molecule has 1 heterocycles. The van der Waals surface area contributed by atoms with Gasteiger partial charge in [0.2, 0.25) is 0 Å². The van der Waals surface area contributed by atoms with Gasteiger partial charge in [-0.1, -0.05) is 214 Å². The van der Waals surface area contributed by atoms with Gasteiger partial charge in [-0.05, 0) is 106 Å². The molecule has 2 heteroatoms. The van der Waals surface area contributed by atoms with Crippen LogP contribution in [0.3, 0.4) is 0 Å². The third-order valence-electron chi connectivity index (χ3n) is 13.3. The van der Waals surface area contributed by atoms with Crippen molar-refractivity contribution in [1.82, 2.24) is 9.97 Å². The monoisotopic (exact) mass is 802 g/mol. The van der Waals surface area contributed by atoms with E-state index in [0.29, 0.717) is 5.82 Å². The van der Waals surface area contributed by atoms with Gasteiger partial charge in [0, 0.05) is 22.1 Å². The molecule has 0 amide bonds. The molecular weight excluding hydrogens is 761 g/mol. The fourth-order valence-electron chi connectivity index (χ4n) is 10.3. The van der Waals surface area contributed by atoms with Crippen LogP contribution in [0, 0.1) is 0 Å². The lowest BCUT2D eigenvalue weighted by Gasteiger charge is -2.23. The summed E-state index contributed by atoms with van der Waals surface area (Å²) in [6, 6.07) is 79.0. The van der Waals surface area contributed by atoms with Crippen molar-refractivity contribution in [3.05, 3.63) is 230 Å². The maximum Gasteiger partial charge on any atom is 0.161 e. The van der Waals surface area contributed by atoms with Gasteiger partial charge in [-0.2, -0.15) is 0 Å². The van der Waals surface area contributed by atoms with Crippen molar-refractivity contribution >= 4 is 32.3 Å². The Bertz CT molecular complexity index is 3580. The summed E-state index contributed by atoms with van der Waals surface area (Å²) in [6.07, 6.45) is 0. The number of aromatic nitrogens is 2. The number of benzene rings is 10. The minimum atomic E-state index is -0.0919. The molecule has 0 N–H and O–H groups in total. The minimum absolute atomic E-state index is 0.0919. The quantitative estimate of drug-likeness (QED) is 0.167. The van der Waals surface area contributed by atoms with E-state index in [1.807, 2.05) is 6.07 Å². The first kappa shape index (κ1) is 36.9. The molecule has 11 aromatic rings. The third kappa shape index (κ3) is 6.02. The summed E-state index contributed by atoms with van der Waals surface area (Å²) in [5, 5.41) is 7.37. The number of hydrogen-bond donors (Lipinski definition) is 0. The molecule has 0 saturated carbocycles. The highest BCUT2D eigenvalue weighted by atomic mass is 14.9. The molecule has 0 bridgehead atoms. The van der Waals surface area contributed by atoms with Crippen molar-refractivity contribution in [2.75, 3.05) is 0 Å². The predicted molar refractivity (Wildman–Crippen MR) is 265 cm³/mol. The molecule has 0 unspecified atom stereocenters. The van der Waals surface area contributed by atoms with Crippen molar-refractivity contribution in [2.24, 2.45) is 0 Å². The highest BCUT2D eigenvalue weighted by Crippen LogP contribution is 2.52. The summed E-state index contributed by atoms with van der Waals surface area (Å²) in [6.45, 7) is 4.75. The van der Waals surface area contributed by atoms with Crippen LogP contribution in [0.1, 0.15) is 25.0 Å². The molecule has 296 valence electrons. The van der Waals surface area contributed by atoms with E-state index >= 15 is 0 Å². The molecule has 1 aliphatic rings. The van der Waals surface area contributed by atoms with E-state index in [2.05, 4.69) is 226 Å². The summed E-state index contributed by atoms with van der Waals surface area (Å²) < 4.78 is 0. The fourth-order valence-corrected chi connectivity index (χ4v) is 10.3. The summed E-state index contributed by atoms with van der Waals surface area (Å²) in [5.41, 5.74) is 17.4. The van der Waals surface area contributed by atoms with Crippen LogP contribution < -0.4 is 0 Å². The molecule has 10 aromatic carbocycles. The lowest BCUT2D eigenvalue weighted by molar-refractivity contribution is 0.666. The first-order chi connectivity index (χ1) is 31.0. The average Bonchev–Trinajstić information content (AvgIpc) is 3.59. The Kier molecular flexibility index (Phi) is 8.55. The molecule has 0 radical (unpaired) electrons. The second-order valence-corrected chi connectivity index (χ2v) is 17.2. The minimum Gasteiger partial charge on any atom is -0.228 e. The molecule has 0 atom stereocenters. The molecule has 0 saturated heterocycles. The van der Waals surface area contributed by atoms with Gasteiger partial charge in [0.05, 0.1) is 11.4 Å². The van der Waals surface area contributed by atoms with E-state index in [0.717, 1.165) is 50.0 Å². The average molecular weight is 803 g/mol. The van der Waals surface area contributed by atoms with Gasteiger partial charge in [0.25, 0.3) is 0 Å². The lowest BCUT2D eigenvalue weighted by atomic mass is 9.80. The zero-order chi connectivity index (χ0) is 42.1. The smallest absolute Gasteiger partial charge is 0.161 e. The number of fused-ring (bicyclic) bond motifs is 7.